The summed E-state index contributed by atoms with van der Waals surface area (Å²) in [6.07, 6.45) is 3.51. The molecule has 2 aliphatic rings. The minimum atomic E-state index is -0.0713. The first-order valence-corrected chi connectivity index (χ1v) is 6.85. The first kappa shape index (κ1) is 11.1. The molecule has 1 aliphatic heterocycles. The van der Waals surface area contributed by atoms with Gasteiger partial charge >= 0.3 is 0 Å². The number of hydrogen-bond acceptors (Lipinski definition) is 2. The normalized spacial score (nSPS) is 23.4. The van der Waals surface area contributed by atoms with Gasteiger partial charge in [-0.05, 0) is 24.5 Å². The highest BCUT2D eigenvalue weighted by molar-refractivity contribution is 9.10. The summed E-state index contributed by atoms with van der Waals surface area (Å²) in [5.41, 5.74) is 2.21. The number of anilines is 1. The molecule has 1 atom stereocenters. The second-order valence-corrected chi connectivity index (χ2v) is 5.71. The molecule has 1 aliphatic carbocycles. The molecule has 0 bridgehead atoms. The maximum Gasteiger partial charge on any atom is 0.242 e. The Balaban J connectivity index is 1.86. The van der Waals surface area contributed by atoms with Gasteiger partial charge in [0.1, 0.15) is 6.04 Å². The van der Waals surface area contributed by atoms with Crippen LogP contribution in [0, 0.1) is 5.92 Å². The molecule has 3 rings (SSSR count). The SMILES string of the molecule is O=C1NCc2c(Br)cccc2NC1CC1CC1. The molecular weight excluding hydrogens is 280 g/mol. The van der Waals surface area contributed by atoms with Crippen molar-refractivity contribution in [3.8, 4) is 0 Å². The summed E-state index contributed by atoms with van der Waals surface area (Å²) in [6.45, 7) is 0.601. The Morgan fingerprint density at radius 3 is 2.94 bits per heavy atom. The minimum Gasteiger partial charge on any atom is -0.373 e. The summed E-state index contributed by atoms with van der Waals surface area (Å²) in [4.78, 5) is 12.0. The van der Waals surface area contributed by atoms with E-state index in [9.17, 15) is 4.79 Å². The van der Waals surface area contributed by atoms with Gasteiger partial charge in [-0.15, -0.1) is 0 Å². The fourth-order valence-electron chi connectivity index (χ4n) is 2.28. The van der Waals surface area contributed by atoms with E-state index < -0.39 is 0 Å². The van der Waals surface area contributed by atoms with Crippen molar-refractivity contribution in [3.63, 3.8) is 0 Å². The van der Waals surface area contributed by atoms with Crippen LogP contribution in [-0.2, 0) is 11.3 Å². The smallest absolute Gasteiger partial charge is 0.242 e. The number of carbonyl (C=O) groups is 1. The van der Waals surface area contributed by atoms with Crippen molar-refractivity contribution in [3.05, 3.63) is 28.2 Å². The Morgan fingerprint density at radius 1 is 1.35 bits per heavy atom. The van der Waals surface area contributed by atoms with E-state index in [0.717, 1.165) is 28.1 Å². The predicted octanol–water partition coefficient (Wildman–Crippen LogP) is 2.66. The van der Waals surface area contributed by atoms with E-state index in [0.29, 0.717) is 6.54 Å². The van der Waals surface area contributed by atoms with Gasteiger partial charge in [-0.3, -0.25) is 4.79 Å². The summed E-state index contributed by atoms with van der Waals surface area (Å²) in [5.74, 6) is 0.868. The largest absolute Gasteiger partial charge is 0.373 e. The summed E-state index contributed by atoms with van der Waals surface area (Å²) in [5, 5.41) is 6.37. The third-order valence-electron chi connectivity index (χ3n) is 3.47. The highest BCUT2D eigenvalue weighted by atomic mass is 79.9. The Kier molecular flexibility index (Phi) is 2.82. The quantitative estimate of drug-likeness (QED) is 0.880. The highest BCUT2D eigenvalue weighted by Gasteiger charge is 2.31. The lowest BCUT2D eigenvalue weighted by molar-refractivity contribution is -0.122. The van der Waals surface area contributed by atoms with E-state index >= 15 is 0 Å². The van der Waals surface area contributed by atoms with Gasteiger partial charge in [0, 0.05) is 22.3 Å². The van der Waals surface area contributed by atoms with Crippen molar-refractivity contribution in [1.82, 2.24) is 5.32 Å². The molecule has 4 heteroatoms. The van der Waals surface area contributed by atoms with E-state index in [1.807, 2.05) is 18.2 Å². The van der Waals surface area contributed by atoms with Gasteiger partial charge in [-0.25, -0.2) is 0 Å². The molecule has 0 saturated heterocycles. The Labute approximate surface area is 109 Å². The molecule has 90 valence electrons. The molecule has 0 radical (unpaired) electrons. The number of nitrogens with one attached hydrogen (secondary N) is 2. The fraction of sp³-hybridized carbons (Fsp3) is 0.462. The number of fused-ring (bicyclic) bond motifs is 1. The van der Waals surface area contributed by atoms with Gasteiger partial charge in [0.2, 0.25) is 5.91 Å². The third kappa shape index (κ3) is 2.32. The molecule has 1 aromatic carbocycles. The van der Waals surface area contributed by atoms with Crippen LogP contribution in [-0.4, -0.2) is 11.9 Å². The molecule has 2 N–H and O–H groups in total. The number of hydrogen-bond donors (Lipinski definition) is 2. The van der Waals surface area contributed by atoms with Crippen molar-refractivity contribution in [2.45, 2.75) is 31.8 Å². The van der Waals surface area contributed by atoms with Gasteiger partial charge in [0.25, 0.3) is 0 Å². The summed E-state index contributed by atoms with van der Waals surface area (Å²) < 4.78 is 1.05. The lowest BCUT2D eigenvalue weighted by Crippen LogP contribution is -2.37. The van der Waals surface area contributed by atoms with Gasteiger partial charge in [0.15, 0.2) is 0 Å². The average Bonchev–Trinajstić information content (AvgIpc) is 3.11. The van der Waals surface area contributed by atoms with Crippen LogP contribution in [0.4, 0.5) is 5.69 Å². The van der Waals surface area contributed by atoms with Crippen molar-refractivity contribution < 1.29 is 4.79 Å². The van der Waals surface area contributed by atoms with Crippen molar-refractivity contribution in [1.29, 1.82) is 0 Å². The standard InChI is InChI=1S/C13H15BrN2O/c14-10-2-1-3-11-9(10)7-15-13(17)12(16-11)6-8-4-5-8/h1-3,8,12,16H,4-7H2,(H,15,17). The van der Waals surface area contributed by atoms with E-state index in [1.54, 1.807) is 0 Å². The van der Waals surface area contributed by atoms with Crippen LogP contribution in [0.1, 0.15) is 24.8 Å². The summed E-state index contributed by atoms with van der Waals surface area (Å²) >= 11 is 3.53. The molecule has 1 heterocycles. The molecule has 3 nitrogen and oxygen atoms in total. The number of halogens is 1. The predicted molar refractivity (Wildman–Crippen MR) is 70.7 cm³/mol. The second kappa shape index (κ2) is 4.33. The van der Waals surface area contributed by atoms with E-state index in [4.69, 9.17) is 0 Å². The monoisotopic (exact) mass is 294 g/mol. The molecule has 0 spiro atoms. The molecule has 0 aromatic heterocycles. The fourth-order valence-corrected chi connectivity index (χ4v) is 2.78. The lowest BCUT2D eigenvalue weighted by Gasteiger charge is -2.16. The van der Waals surface area contributed by atoms with Crippen molar-refractivity contribution >= 4 is 27.5 Å². The van der Waals surface area contributed by atoms with Gasteiger partial charge in [0.05, 0.1) is 0 Å². The molecule has 1 amide bonds. The molecule has 17 heavy (non-hydrogen) atoms. The lowest BCUT2D eigenvalue weighted by atomic mass is 10.1. The second-order valence-electron chi connectivity index (χ2n) is 4.86. The zero-order chi connectivity index (χ0) is 11.8. The molecule has 1 saturated carbocycles. The van der Waals surface area contributed by atoms with E-state index in [2.05, 4.69) is 26.6 Å². The van der Waals surface area contributed by atoms with Gasteiger partial charge in [-0.1, -0.05) is 34.8 Å². The van der Waals surface area contributed by atoms with Crippen LogP contribution in [0.5, 0.6) is 0 Å². The van der Waals surface area contributed by atoms with Crippen LogP contribution in [0.15, 0.2) is 22.7 Å². The van der Waals surface area contributed by atoms with Crippen LogP contribution in [0.3, 0.4) is 0 Å². The first-order chi connectivity index (χ1) is 8.24. The highest BCUT2D eigenvalue weighted by Crippen LogP contribution is 2.35. The maximum absolute atomic E-state index is 12.0. The molecular formula is C13H15BrN2O. The summed E-state index contributed by atoms with van der Waals surface area (Å²) in [7, 11) is 0. The van der Waals surface area contributed by atoms with Crippen LogP contribution >= 0.6 is 15.9 Å². The molecule has 1 unspecified atom stereocenters. The van der Waals surface area contributed by atoms with Gasteiger partial charge < -0.3 is 10.6 Å². The van der Waals surface area contributed by atoms with E-state index in [1.165, 1.54) is 12.8 Å². The summed E-state index contributed by atoms with van der Waals surface area (Å²) in [6, 6.07) is 5.98. The Bertz CT molecular complexity index is 457. The Morgan fingerprint density at radius 2 is 2.18 bits per heavy atom. The number of amides is 1. The molecule has 1 aromatic rings. The number of carbonyl (C=O) groups excluding carboxylic acids is 1. The minimum absolute atomic E-state index is 0.0713. The average molecular weight is 295 g/mol. The van der Waals surface area contributed by atoms with Crippen molar-refractivity contribution in [2.75, 3.05) is 5.32 Å². The first-order valence-electron chi connectivity index (χ1n) is 6.05. The topological polar surface area (TPSA) is 41.1 Å². The Hall–Kier alpha value is -1.03. The van der Waals surface area contributed by atoms with Crippen molar-refractivity contribution in [2.24, 2.45) is 5.92 Å². The zero-order valence-electron chi connectivity index (χ0n) is 9.50. The maximum atomic E-state index is 12.0. The third-order valence-corrected chi connectivity index (χ3v) is 4.21. The van der Waals surface area contributed by atoms with Crippen LogP contribution in [0.25, 0.3) is 0 Å². The van der Waals surface area contributed by atoms with E-state index in [-0.39, 0.29) is 11.9 Å². The number of rotatable bonds is 2. The van der Waals surface area contributed by atoms with Gasteiger partial charge in [-0.2, -0.15) is 0 Å². The molecule has 1 fully saturated rings. The van der Waals surface area contributed by atoms with Crippen LogP contribution in [0.2, 0.25) is 0 Å². The zero-order valence-corrected chi connectivity index (χ0v) is 11.1. The number of benzene rings is 1. The van der Waals surface area contributed by atoms with Crippen LogP contribution < -0.4 is 10.6 Å².